The first-order chi connectivity index (χ1) is 7.77. The summed E-state index contributed by atoms with van der Waals surface area (Å²) < 4.78 is 0. The minimum atomic E-state index is -0.305. The molecule has 0 fully saturated rings. The van der Waals surface area contributed by atoms with Gasteiger partial charge in [0, 0.05) is 10.8 Å². The number of aliphatic hydroxyl groups is 1. The van der Waals surface area contributed by atoms with Crippen molar-refractivity contribution in [1.82, 2.24) is 0 Å². The minimum absolute atomic E-state index is 0.209. The molecule has 2 unspecified atom stereocenters. The predicted molar refractivity (Wildman–Crippen MR) is 68.9 cm³/mol. The topological polar surface area (TPSA) is 20.2 Å². The maximum absolute atomic E-state index is 10.1. The zero-order chi connectivity index (χ0) is 11.4. The van der Waals surface area contributed by atoms with Crippen molar-refractivity contribution >= 4 is 11.3 Å². The van der Waals surface area contributed by atoms with Gasteiger partial charge in [-0.15, -0.1) is 11.3 Å². The van der Waals surface area contributed by atoms with Crippen LogP contribution >= 0.6 is 11.3 Å². The van der Waals surface area contributed by atoms with E-state index in [9.17, 15) is 5.11 Å². The molecular formula is C14H16OS. The third-order valence-electron chi connectivity index (χ3n) is 2.86. The molecule has 1 N–H and O–H groups in total. The van der Waals surface area contributed by atoms with Crippen LogP contribution in [0.3, 0.4) is 0 Å². The average Bonchev–Trinajstić information content (AvgIpc) is 2.83. The Morgan fingerprint density at radius 1 is 1.12 bits per heavy atom. The van der Waals surface area contributed by atoms with E-state index in [2.05, 4.69) is 30.5 Å². The van der Waals surface area contributed by atoms with Crippen LogP contribution in [0, 0.1) is 0 Å². The summed E-state index contributed by atoms with van der Waals surface area (Å²) in [5.41, 5.74) is 1.19. The molecule has 1 aromatic heterocycles. The highest BCUT2D eigenvalue weighted by Gasteiger charge is 2.17. The van der Waals surface area contributed by atoms with Crippen LogP contribution < -0.4 is 0 Å². The molecular weight excluding hydrogens is 216 g/mol. The summed E-state index contributed by atoms with van der Waals surface area (Å²) in [6.45, 7) is 2.08. The highest BCUT2D eigenvalue weighted by atomic mass is 32.1. The number of hydrogen-bond donors (Lipinski definition) is 1. The first-order valence-corrected chi connectivity index (χ1v) is 6.40. The van der Waals surface area contributed by atoms with Gasteiger partial charge in [0.25, 0.3) is 0 Å². The fourth-order valence-electron chi connectivity index (χ4n) is 1.77. The van der Waals surface area contributed by atoms with E-state index in [-0.39, 0.29) is 12.0 Å². The summed E-state index contributed by atoms with van der Waals surface area (Å²) in [4.78, 5) is 1.25. The molecule has 0 aliphatic carbocycles. The maximum atomic E-state index is 10.1. The third kappa shape index (κ3) is 2.71. The monoisotopic (exact) mass is 232 g/mol. The van der Waals surface area contributed by atoms with E-state index in [1.54, 1.807) is 11.3 Å². The molecule has 1 aromatic carbocycles. The van der Waals surface area contributed by atoms with Crippen LogP contribution in [0.15, 0.2) is 47.8 Å². The van der Waals surface area contributed by atoms with Crippen LogP contribution in [-0.2, 0) is 6.42 Å². The number of rotatable bonds is 4. The van der Waals surface area contributed by atoms with Gasteiger partial charge in [0.05, 0.1) is 6.10 Å². The van der Waals surface area contributed by atoms with Crippen LogP contribution in [-0.4, -0.2) is 11.2 Å². The van der Waals surface area contributed by atoms with Crippen LogP contribution in [0.5, 0.6) is 0 Å². The molecule has 0 radical (unpaired) electrons. The van der Waals surface area contributed by atoms with Crippen LogP contribution in [0.25, 0.3) is 0 Å². The Balaban J connectivity index is 2.01. The third-order valence-corrected chi connectivity index (χ3v) is 3.93. The van der Waals surface area contributed by atoms with Crippen molar-refractivity contribution in [2.75, 3.05) is 0 Å². The van der Waals surface area contributed by atoms with E-state index in [1.807, 2.05) is 24.3 Å². The molecule has 0 spiro atoms. The lowest BCUT2D eigenvalue weighted by molar-refractivity contribution is 0.151. The Bertz CT molecular complexity index is 408. The Morgan fingerprint density at radius 3 is 2.50 bits per heavy atom. The largest absolute Gasteiger partial charge is 0.392 e. The molecule has 2 aromatic rings. The van der Waals surface area contributed by atoms with E-state index in [0.29, 0.717) is 0 Å². The van der Waals surface area contributed by atoms with Crippen molar-refractivity contribution < 1.29 is 5.11 Å². The average molecular weight is 232 g/mol. The fourth-order valence-corrected chi connectivity index (χ4v) is 2.62. The van der Waals surface area contributed by atoms with Crippen LogP contribution in [0.2, 0.25) is 0 Å². The molecule has 0 bridgehead atoms. The molecule has 0 saturated heterocycles. The van der Waals surface area contributed by atoms with Gasteiger partial charge in [-0.05, 0) is 23.4 Å². The Hall–Kier alpha value is -1.12. The van der Waals surface area contributed by atoms with Crippen molar-refractivity contribution in [3.63, 3.8) is 0 Å². The molecule has 16 heavy (non-hydrogen) atoms. The van der Waals surface area contributed by atoms with E-state index < -0.39 is 0 Å². The van der Waals surface area contributed by atoms with Crippen LogP contribution in [0.4, 0.5) is 0 Å². The summed E-state index contributed by atoms with van der Waals surface area (Å²) in [6.07, 6.45) is 0.418. The van der Waals surface area contributed by atoms with Crippen LogP contribution in [0.1, 0.15) is 23.3 Å². The molecule has 0 saturated carbocycles. The van der Waals surface area contributed by atoms with Gasteiger partial charge in [0.15, 0.2) is 0 Å². The first kappa shape index (κ1) is 11.4. The molecule has 2 heteroatoms. The SMILES string of the molecule is CC(c1cccs1)C(O)Cc1ccccc1. The highest BCUT2D eigenvalue weighted by Crippen LogP contribution is 2.25. The van der Waals surface area contributed by atoms with E-state index >= 15 is 0 Å². The van der Waals surface area contributed by atoms with Gasteiger partial charge in [-0.1, -0.05) is 43.3 Å². The molecule has 84 valence electrons. The lowest BCUT2D eigenvalue weighted by Crippen LogP contribution is -2.17. The van der Waals surface area contributed by atoms with Crippen molar-refractivity contribution in [2.45, 2.75) is 25.4 Å². The molecule has 2 atom stereocenters. The number of benzene rings is 1. The zero-order valence-electron chi connectivity index (χ0n) is 9.34. The van der Waals surface area contributed by atoms with Gasteiger partial charge in [-0.25, -0.2) is 0 Å². The minimum Gasteiger partial charge on any atom is -0.392 e. The van der Waals surface area contributed by atoms with Gasteiger partial charge >= 0.3 is 0 Å². The van der Waals surface area contributed by atoms with Crippen molar-refractivity contribution in [3.05, 3.63) is 58.3 Å². The summed E-state index contributed by atoms with van der Waals surface area (Å²) in [7, 11) is 0. The quantitative estimate of drug-likeness (QED) is 0.856. The van der Waals surface area contributed by atoms with Crippen molar-refractivity contribution in [1.29, 1.82) is 0 Å². The van der Waals surface area contributed by atoms with E-state index in [4.69, 9.17) is 0 Å². The molecule has 0 aliphatic rings. The van der Waals surface area contributed by atoms with Gasteiger partial charge in [-0.2, -0.15) is 0 Å². The van der Waals surface area contributed by atoms with Gasteiger partial charge in [0.2, 0.25) is 0 Å². The van der Waals surface area contributed by atoms with Crippen molar-refractivity contribution in [3.8, 4) is 0 Å². The number of aliphatic hydroxyl groups excluding tert-OH is 1. The second-order valence-corrected chi connectivity index (χ2v) is 5.04. The standard InChI is InChI=1S/C14H16OS/c1-11(14-8-5-9-16-14)13(15)10-12-6-3-2-4-7-12/h2-9,11,13,15H,10H2,1H3. The second kappa shape index (κ2) is 5.28. The smallest absolute Gasteiger partial charge is 0.0654 e. The Kier molecular flexibility index (Phi) is 3.75. The Labute approximate surface area is 100 Å². The summed E-state index contributed by atoms with van der Waals surface area (Å²) >= 11 is 1.71. The summed E-state index contributed by atoms with van der Waals surface area (Å²) in [5, 5.41) is 12.2. The molecule has 0 amide bonds. The Morgan fingerprint density at radius 2 is 1.88 bits per heavy atom. The molecule has 2 rings (SSSR count). The second-order valence-electron chi connectivity index (χ2n) is 4.06. The van der Waals surface area contributed by atoms with E-state index in [0.717, 1.165) is 6.42 Å². The summed E-state index contributed by atoms with van der Waals surface area (Å²) in [5.74, 6) is 0.209. The van der Waals surface area contributed by atoms with Gasteiger partial charge in [-0.3, -0.25) is 0 Å². The van der Waals surface area contributed by atoms with Gasteiger partial charge < -0.3 is 5.11 Å². The highest BCUT2D eigenvalue weighted by molar-refractivity contribution is 7.10. The predicted octanol–water partition coefficient (Wildman–Crippen LogP) is 3.46. The van der Waals surface area contributed by atoms with Crippen molar-refractivity contribution in [2.24, 2.45) is 0 Å². The summed E-state index contributed by atoms with van der Waals surface area (Å²) in [6, 6.07) is 14.3. The first-order valence-electron chi connectivity index (χ1n) is 5.53. The number of hydrogen-bond acceptors (Lipinski definition) is 2. The molecule has 0 aliphatic heterocycles. The van der Waals surface area contributed by atoms with E-state index in [1.165, 1.54) is 10.4 Å². The normalized spacial score (nSPS) is 14.6. The molecule has 1 nitrogen and oxygen atoms in total. The van der Waals surface area contributed by atoms with Gasteiger partial charge in [0.1, 0.15) is 0 Å². The number of thiophene rings is 1. The fraction of sp³-hybridized carbons (Fsp3) is 0.286. The molecule has 1 heterocycles. The zero-order valence-corrected chi connectivity index (χ0v) is 10.2. The lowest BCUT2D eigenvalue weighted by atomic mass is 9.96. The maximum Gasteiger partial charge on any atom is 0.0654 e. The lowest BCUT2D eigenvalue weighted by Gasteiger charge is -2.17.